The van der Waals surface area contributed by atoms with E-state index in [0.717, 1.165) is 5.56 Å². The predicted molar refractivity (Wildman–Crippen MR) is 118 cm³/mol. The van der Waals surface area contributed by atoms with Crippen LogP contribution in [0.2, 0.25) is 0 Å². The molecule has 0 atom stereocenters. The molecule has 6 heteroatoms. The molecular weight excluding hydrogens is 408 g/mol. The van der Waals surface area contributed by atoms with Crippen molar-refractivity contribution in [2.75, 3.05) is 0 Å². The second kappa shape index (κ2) is 9.92. The third kappa shape index (κ3) is 6.28. The molecular formula is C26H24O6. The van der Waals surface area contributed by atoms with Gasteiger partial charge in [0.15, 0.2) is 0 Å². The first-order valence-electron chi connectivity index (χ1n) is 10.1. The lowest BCUT2D eigenvalue weighted by Crippen LogP contribution is -2.25. The third-order valence-electron chi connectivity index (χ3n) is 4.43. The Labute approximate surface area is 186 Å². The summed E-state index contributed by atoms with van der Waals surface area (Å²) in [5, 5.41) is 0. The summed E-state index contributed by atoms with van der Waals surface area (Å²) in [6.45, 7) is 5.46. The Kier molecular flexibility index (Phi) is 7.05. The van der Waals surface area contributed by atoms with Crippen LogP contribution in [0.5, 0.6) is 11.5 Å². The van der Waals surface area contributed by atoms with Gasteiger partial charge in [0.25, 0.3) is 0 Å². The summed E-state index contributed by atoms with van der Waals surface area (Å²) < 4.78 is 15.9. The number of carbonyl (C=O) groups is 3. The minimum atomic E-state index is -0.627. The number of esters is 3. The van der Waals surface area contributed by atoms with Gasteiger partial charge in [0.1, 0.15) is 18.1 Å². The topological polar surface area (TPSA) is 78.9 Å². The monoisotopic (exact) mass is 432 g/mol. The van der Waals surface area contributed by atoms with Gasteiger partial charge in [-0.15, -0.1) is 0 Å². The van der Waals surface area contributed by atoms with Gasteiger partial charge in [-0.25, -0.2) is 9.59 Å². The molecule has 0 aromatic heterocycles. The molecule has 0 aliphatic carbocycles. The highest BCUT2D eigenvalue weighted by Gasteiger charge is 2.23. The van der Waals surface area contributed by atoms with E-state index in [1.54, 1.807) is 20.8 Å². The van der Waals surface area contributed by atoms with E-state index in [2.05, 4.69) is 0 Å². The Morgan fingerprint density at radius 3 is 1.69 bits per heavy atom. The first-order valence-corrected chi connectivity index (χ1v) is 10.1. The molecule has 0 bridgehead atoms. The summed E-state index contributed by atoms with van der Waals surface area (Å²) in [6, 6.07) is 21.6. The Morgan fingerprint density at radius 2 is 1.16 bits per heavy atom. The molecule has 32 heavy (non-hydrogen) atoms. The lowest BCUT2D eigenvalue weighted by molar-refractivity contribution is -0.143. The molecule has 0 heterocycles. The molecule has 0 fully saturated rings. The SMILES string of the molecule is CC(C)(C)C(=O)Oc1ccc(C(=O)Oc2ccc(C(=O)OCc3ccccc3)cc2)cc1. The van der Waals surface area contributed by atoms with E-state index in [-0.39, 0.29) is 18.3 Å². The van der Waals surface area contributed by atoms with Crippen LogP contribution < -0.4 is 9.47 Å². The van der Waals surface area contributed by atoms with E-state index >= 15 is 0 Å². The van der Waals surface area contributed by atoms with Gasteiger partial charge in [0.05, 0.1) is 16.5 Å². The molecule has 164 valence electrons. The first kappa shape index (κ1) is 22.7. The zero-order valence-corrected chi connectivity index (χ0v) is 18.2. The molecule has 0 amide bonds. The Balaban J connectivity index is 1.55. The summed E-state index contributed by atoms with van der Waals surface area (Å²) in [4.78, 5) is 36.5. The highest BCUT2D eigenvalue weighted by atomic mass is 16.5. The number of hydrogen-bond donors (Lipinski definition) is 0. The molecule has 3 aromatic carbocycles. The van der Waals surface area contributed by atoms with Crippen molar-refractivity contribution in [3.05, 3.63) is 95.6 Å². The fraction of sp³-hybridized carbons (Fsp3) is 0.192. The molecule has 0 unspecified atom stereocenters. The van der Waals surface area contributed by atoms with Gasteiger partial charge in [-0.05, 0) is 74.9 Å². The number of benzene rings is 3. The summed E-state index contributed by atoms with van der Waals surface area (Å²) in [5.41, 5.74) is 0.917. The van der Waals surface area contributed by atoms with Gasteiger partial charge in [-0.3, -0.25) is 4.79 Å². The molecule has 3 aromatic rings. The highest BCUT2D eigenvalue weighted by molar-refractivity contribution is 5.92. The van der Waals surface area contributed by atoms with Crippen molar-refractivity contribution in [2.45, 2.75) is 27.4 Å². The average molecular weight is 432 g/mol. The van der Waals surface area contributed by atoms with Crippen LogP contribution in [-0.2, 0) is 16.1 Å². The van der Waals surface area contributed by atoms with E-state index < -0.39 is 17.4 Å². The largest absolute Gasteiger partial charge is 0.457 e. The van der Waals surface area contributed by atoms with Gasteiger partial charge < -0.3 is 14.2 Å². The van der Waals surface area contributed by atoms with Crippen molar-refractivity contribution >= 4 is 17.9 Å². The van der Waals surface area contributed by atoms with Crippen LogP contribution in [0.1, 0.15) is 47.1 Å². The van der Waals surface area contributed by atoms with Gasteiger partial charge in [0.2, 0.25) is 0 Å². The summed E-state index contributed by atoms with van der Waals surface area (Å²) >= 11 is 0. The van der Waals surface area contributed by atoms with Crippen molar-refractivity contribution in [1.29, 1.82) is 0 Å². The second-order valence-electron chi connectivity index (χ2n) is 8.14. The molecule has 0 saturated heterocycles. The van der Waals surface area contributed by atoms with Crippen LogP contribution >= 0.6 is 0 Å². The summed E-state index contributed by atoms with van der Waals surface area (Å²) in [7, 11) is 0. The standard InChI is InChI=1S/C26H24O6/c1-26(2,3)25(29)32-22-15-11-20(12-16-22)24(28)31-21-13-9-19(10-14-21)23(27)30-17-18-7-5-4-6-8-18/h4-16H,17H2,1-3H3. The van der Waals surface area contributed by atoms with Crippen molar-refractivity contribution in [2.24, 2.45) is 5.41 Å². The summed E-state index contributed by atoms with van der Waals surface area (Å²) in [6.07, 6.45) is 0. The van der Waals surface area contributed by atoms with Gasteiger partial charge >= 0.3 is 17.9 Å². The third-order valence-corrected chi connectivity index (χ3v) is 4.43. The number of rotatable bonds is 6. The van der Waals surface area contributed by atoms with Crippen molar-refractivity contribution < 1.29 is 28.6 Å². The maximum atomic E-state index is 12.4. The van der Waals surface area contributed by atoms with E-state index in [4.69, 9.17) is 14.2 Å². The molecule has 0 N–H and O–H groups in total. The van der Waals surface area contributed by atoms with Gasteiger partial charge in [-0.2, -0.15) is 0 Å². The van der Waals surface area contributed by atoms with Crippen molar-refractivity contribution in [1.82, 2.24) is 0 Å². The van der Waals surface area contributed by atoms with Crippen molar-refractivity contribution in [3.63, 3.8) is 0 Å². The minimum absolute atomic E-state index is 0.178. The highest BCUT2D eigenvalue weighted by Crippen LogP contribution is 2.21. The van der Waals surface area contributed by atoms with Gasteiger partial charge in [0, 0.05) is 0 Å². The fourth-order valence-corrected chi connectivity index (χ4v) is 2.55. The maximum Gasteiger partial charge on any atom is 0.343 e. The fourth-order valence-electron chi connectivity index (χ4n) is 2.55. The zero-order chi connectivity index (χ0) is 23.1. The van der Waals surface area contributed by atoms with E-state index in [0.29, 0.717) is 16.9 Å². The molecule has 0 spiro atoms. The zero-order valence-electron chi connectivity index (χ0n) is 18.2. The van der Waals surface area contributed by atoms with Crippen LogP contribution in [0.3, 0.4) is 0 Å². The first-order chi connectivity index (χ1) is 15.2. The van der Waals surface area contributed by atoms with Crippen LogP contribution in [0.4, 0.5) is 0 Å². The van der Waals surface area contributed by atoms with E-state index in [9.17, 15) is 14.4 Å². The average Bonchev–Trinajstić information content (AvgIpc) is 2.78. The molecule has 0 aliphatic heterocycles. The van der Waals surface area contributed by atoms with Crippen LogP contribution in [0, 0.1) is 5.41 Å². The quantitative estimate of drug-likeness (QED) is 0.393. The van der Waals surface area contributed by atoms with Crippen LogP contribution in [0.25, 0.3) is 0 Å². The number of carbonyl (C=O) groups excluding carboxylic acids is 3. The van der Waals surface area contributed by atoms with E-state index in [1.807, 2.05) is 30.3 Å². The number of ether oxygens (including phenoxy) is 3. The molecule has 0 saturated carbocycles. The van der Waals surface area contributed by atoms with Crippen molar-refractivity contribution in [3.8, 4) is 11.5 Å². The summed E-state index contributed by atoms with van der Waals surface area (Å²) in [5.74, 6) is -0.766. The number of hydrogen-bond acceptors (Lipinski definition) is 6. The second-order valence-corrected chi connectivity index (χ2v) is 8.14. The predicted octanol–water partition coefficient (Wildman–Crippen LogP) is 5.21. The molecule has 0 radical (unpaired) electrons. The Morgan fingerprint density at radius 1 is 0.656 bits per heavy atom. The Bertz CT molecular complexity index is 1080. The minimum Gasteiger partial charge on any atom is -0.457 e. The lowest BCUT2D eigenvalue weighted by atomic mass is 9.97. The van der Waals surface area contributed by atoms with Crippen LogP contribution in [0.15, 0.2) is 78.9 Å². The molecule has 0 aliphatic rings. The lowest BCUT2D eigenvalue weighted by Gasteiger charge is -2.16. The smallest absolute Gasteiger partial charge is 0.343 e. The Hall–Kier alpha value is -3.93. The molecule has 6 nitrogen and oxygen atoms in total. The van der Waals surface area contributed by atoms with Gasteiger partial charge in [-0.1, -0.05) is 30.3 Å². The maximum absolute atomic E-state index is 12.4. The van der Waals surface area contributed by atoms with Crippen LogP contribution in [-0.4, -0.2) is 17.9 Å². The van der Waals surface area contributed by atoms with E-state index in [1.165, 1.54) is 48.5 Å². The molecule has 3 rings (SSSR count). The normalized spacial score (nSPS) is 10.8.